The molecule has 0 spiro atoms. The Balaban J connectivity index is 1.89. The number of H-pyrrole nitrogens is 2. The molecule has 2 heterocycles. The highest BCUT2D eigenvalue weighted by Gasteiger charge is 2.10. The standard InChI is InChI=1S/C16H14N4O2/c1-20-14-8-12-11(7-13(14)19-16(20)21)17-15(18-12)9-3-5-10(22-2)6-4-9/h3-8H,1-2H3,(H,17,18)(H,19,21). The maximum atomic E-state index is 11.7. The Morgan fingerprint density at radius 1 is 1.09 bits per heavy atom. The van der Waals surface area contributed by atoms with Crippen molar-refractivity contribution in [2.75, 3.05) is 7.11 Å². The average Bonchev–Trinajstić information content (AvgIpc) is 3.07. The highest BCUT2D eigenvalue weighted by molar-refractivity contribution is 5.92. The lowest BCUT2D eigenvalue weighted by Crippen LogP contribution is -2.11. The van der Waals surface area contributed by atoms with E-state index in [9.17, 15) is 4.79 Å². The van der Waals surface area contributed by atoms with E-state index in [2.05, 4.69) is 15.0 Å². The number of nitrogens with one attached hydrogen (secondary N) is 2. The summed E-state index contributed by atoms with van der Waals surface area (Å²) in [6.07, 6.45) is 0. The van der Waals surface area contributed by atoms with Gasteiger partial charge < -0.3 is 14.7 Å². The van der Waals surface area contributed by atoms with Gasteiger partial charge in [0, 0.05) is 12.6 Å². The highest BCUT2D eigenvalue weighted by Crippen LogP contribution is 2.25. The summed E-state index contributed by atoms with van der Waals surface area (Å²) in [5, 5.41) is 0. The number of hydrogen-bond acceptors (Lipinski definition) is 3. The fourth-order valence-corrected chi connectivity index (χ4v) is 2.62. The van der Waals surface area contributed by atoms with Gasteiger partial charge in [-0.2, -0.15) is 0 Å². The molecule has 0 fully saturated rings. The Hall–Kier alpha value is -3.02. The second-order valence-electron chi connectivity index (χ2n) is 5.19. The van der Waals surface area contributed by atoms with Gasteiger partial charge >= 0.3 is 5.69 Å². The molecule has 22 heavy (non-hydrogen) atoms. The van der Waals surface area contributed by atoms with Crippen molar-refractivity contribution < 1.29 is 4.74 Å². The predicted octanol–water partition coefficient (Wildman–Crippen LogP) is 2.42. The summed E-state index contributed by atoms with van der Waals surface area (Å²) in [6, 6.07) is 11.5. The van der Waals surface area contributed by atoms with Crippen LogP contribution in [-0.4, -0.2) is 26.6 Å². The summed E-state index contributed by atoms with van der Waals surface area (Å²) in [5.41, 5.74) is 4.20. The molecular weight excluding hydrogens is 280 g/mol. The van der Waals surface area contributed by atoms with Crippen LogP contribution >= 0.6 is 0 Å². The molecule has 0 aliphatic heterocycles. The minimum atomic E-state index is -0.127. The van der Waals surface area contributed by atoms with Gasteiger partial charge in [-0.15, -0.1) is 0 Å². The van der Waals surface area contributed by atoms with Crippen molar-refractivity contribution in [1.82, 2.24) is 19.5 Å². The fraction of sp³-hybridized carbons (Fsp3) is 0.125. The summed E-state index contributed by atoms with van der Waals surface area (Å²) in [5.74, 6) is 1.60. The minimum absolute atomic E-state index is 0.127. The van der Waals surface area contributed by atoms with E-state index in [-0.39, 0.29) is 5.69 Å². The third-order valence-corrected chi connectivity index (χ3v) is 3.87. The van der Waals surface area contributed by atoms with Crippen LogP contribution < -0.4 is 10.4 Å². The number of imidazole rings is 2. The van der Waals surface area contributed by atoms with Gasteiger partial charge in [-0.1, -0.05) is 0 Å². The van der Waals surface area contributed by atoms with Crippen LogP contribution in [-0.2, 0) is 7.05 Å². The number of aromatic nitrogens is 4. The fourth-order valence-electron chi connectivity index (χ4n) is 2.62. The van der Waals surface area contributed by atoms with E-state index < -0.39 is 0 Å². The Bertz CT molecular complexity index is 1040. The smallest absolute Gasteiger partial charge is 0.326 e. The van der Waals surface area contributed by atoms with Gasteiger partial charge in [-0.3, -0.25) is 4.57 Å². The molecule has 2 aromatic carbocycles. The molecule has 0 radical (unpaired) electrons. The quantitative estimate of drug-likeness (QED) is 0.596. The third kappa shape index (κ3) is 1.81. The van der Waals surface area contributed by atoms with Crippen molar-refractivity contribution in [3.05, 3.63) is 46.9 Å². The molecule has 0 saturated carbocycles. The molecule has 2 aromatic heterocycles. The lowest BCUT2D eigenvalue weighted by atomic mass is 10.2. The van der Waals surface area contributed by atoms with Gasteiger partial charge in [-0.25, -0.2) is 9.78 Å². The monoisotopic (exact) mass is 294 g/mol. The molecule has 0 bridgehead atoms. The van der Waals surface area contributed by atoms with Gasteiger partial charge in [0.1, 0.15) is 11.6 Å². The van der Waals surface area contributed by atoms with Gasteiger partial charge in [0.15, 0.2) is 0 Å². The number of ether oxygens (including phenoxy) is 1. The van der Waals surface area contributed by atoms with Crippen molar-refractivity contribution in [1.29, 1.82) is 0 Å². The van der Waals surface area contributed by atoms with E-state index in [4.69, 9.17) is 4.74 Å². The molecular formula is C16H14N4O2. The molecule has 0 aliphatic rings. The van der Waals surface area contributed by atoms with Crippen LogP contribution in [0.25, 0.3) is 33.5 Å². The maximum absolute atomic E-state index is 11.7. The molecule has 0 unspecified atom stereocenters. The van der Waals surface area contributed by atoms with E-state index in [0.29, 0.717) is 0 Å². The van der Waals surface area contributed by atoms with Crippen LogP contribution in [0.3, 0.4) is 0 Å². The largest absolute Gasteiger partial charge is 0.497 e. The number of aryl methyl sites for hydroxylation is 1. The normalized spacial score (nSPS) is 11.4. The van der Waals surface area contributed by atoms with Crippen molar-refractivity contribution in [3.8, 4) is 17.1 Å². The van der Waals surface area contributed by atoms with Crippen LogP contribution in [0.4, 0.5) is 0 Å². The first kappa shape index (κ1) is 12.7. The van der Waals surface area contributed by atoms with E-state index >= 15 is 0 Å². The molecule has 4 aromatic rings. The molecule has 0 atom stereocenters. The van der Waals surface area contributed by atoms with E-state index in [1.54, 1.807) is 18.7 Å². The first-order valence-electron chi connectivity index (χ1n) is 6.88. The SMILES string of the molecule is COc1ccc(-c2nc3cc4c(cc3[nH]2)[nH]c(=O)n4C)cc1. The first-order chi connectivity index (χ1) is 10.7. The molecule has 4 rings (SSSR count). The van der Waals surface area contributed by atoms with E-state index in [0.717, 1.165) is 39.2 Å². The molecule has 0 saturated heterocycles. The van der Waals surface area contributed by atoms with Crippen molar-refractivity contribution in [3.63, 3.8) is 0 Å². The van der Waals surface area contributed by atoms with Crippen molar-refractivity contribution in [2.24, 2.45) is 7.05 Å². The molecule has 6 heteroatoms. The summed E-state index contributed by atoms with van der Waals surface area (Å²) in [4.78, 5) is 22.4. The van der Waals surface area contributed by atoms with E-state index in [1.165, 1.54) is 0 Å². The molecule has 110 valence electrons. The van der Waals surface area contributed by atoms with Crippen molar-refractivity contribution >= 4 is 22.1 Å². The third-order valence-electron chi connectivity index (χ3n) is 3.87. The number of hydrogen-bond donors (Lipinski definition) is 2. The predicted molar refractivity (Wildman–Crippen MR) is 85.2 cm³/mol. The Morgan fingerprint density at radius 2 is 1.86 bits per heavy atom. The zero-order valence-electron chi connectivity index (χ0n) is 12.2. The van der Waals surface area contributed by atoms with Crippen LogP contribution in [0.5, 0.6) is 5.75 Å². The lowest BCUT2D eigenvalue weighted by molar-refractivity contribution is 0.415. The summed E-state index contributed by atoms with van der Waals surface area (Å²) in [6.45, 7) is 0. The lowest BCUT2D eigenvalue weighted by Gasteiger charge is -2.00. The van der Waals surface area contributed by atoms with Gasteiger partial charge in [0.05, 0.1) is 29.2 Å². The average molecular weight is 294 g/mol. The zero-order chi connectivity index (χ0) is 15.3. The van der Waals surface area contributed by atoms with Gasteiger partial charge in [0.25, 0.3) is 0 Å². The van der Waals surface area contributed by atoms with Crippen LogP contribution in [0, 0.1) is 0 Å². The van der Waals surface area contributed by atoms with Crippen LogP contribution in [0.2, 0.25) is 0 Å². The Kier molecular flexibility index (Phi) is 2.59. The topological polar surface area (TPSA) is 75.7 Å². The van der Waals surface area contributed by atoms with Crippen LogP contribution in [0.1, 0.15) is 0 Å². The van der Waals surface area contributed by atoms with Gasteiger partial charge in [0.2, 0.25) is 0 Å². The molecule has 0 aliphatic carbocycles. The number of nitrogens with zero attached hydrogens (tertiary/aromatic N) is 2. The molecule has 0 amide bonds. The number of aromatic amines is 2. The number of rotatable bonds is 2. The van der Waals surface area contributed by atoms with Gasteiger partial charge in [-0.05, 0) is 36.4 Å². The summed E-state index contributed by atoms with van der Waals surface area (Å²) < 4.78 is 6.74. The number of methoxy groups -OCH3 is 1. The second kappa shape index (κ2) is 4.49. The first-order valence-corrected chi connectivity index (χ1v) is 6.88. The second-order valence-corrected chi connectivity index (χ2v) is 5.19. The highest BCUT2D eigenvalue weighted by atomic mass is 16.5. The van der Waals surface area contributed by atoms with Crippen LogP contribution in [0.15, 0.2) is 41.2 Å². The summed E-state index contributed by atoms with van der Waals surface area (Å²) >= 11 is 0. The maximum Gasteiger partial charge on any atom is 0.326 e. The molecule has 2 N–H and O–H groups in total. The molecule has 6 nitrogen and oxygen atoms in total. The van der Waals surface area contributed by atoms with Crippen molar-refractivity contribution in [2.45, 2.75) is 0 Å². The Labute approximate surface area is 125 Å². The Morgan fingerprint density at radius 3 is 2.59 bits per heavy atom. The zero-order valence-corrected chi connectivity index (χ0v) is 12.2. The minimum Gasteiger partial charge on any atom is -0.497 e. The number of benzene rings is 2. The summed E-state index contributed by atoms with van der Waals surface area (Å²) in [7, 11) is 3.38. The van der Waals surface area contributed by atoms with E-state index in [1.807, 2.05) is 36.4 Å². The number of fused-ring (bicyclic) bond motifs is 2.